The molecule has 0 unspecified atom stereocenters. The Kier molecular flexibility index (Phi) is 4.27. The minimum Gasteiger partial charge on any atom is -0.467 e. The summed E-state index contributed by atoms with van der Waals surface area (Å²) in [6, 6.07) is 8.80. The van der Waals surface area contributed by atoms with E-state index in [-0.39, 0.29) is 0 Å². The van der Waals surface area contributed by atoms with E-state index in [2.05, 4.69) is 4.74 Å². The highest BCUT2D eigenvalue weighted by Crippen LogP contribution is 2.05. The molecule has 0 aliphatic carbocycles. The summed E-state index contributed by atoms with van der Waals surface area (Å²) in [4.78, 5) is 11.0. The van der Waals surface area contributed by atoms with Crippen LogP contribution >= 0.6 is 0 Å². The quantitative estimate of drug-likeness (QED) is 0.689. The molecule has 82 valence electrons. The number of carbonyl (C=O) groups is 1. The molecular formula is C11H15NO3. The average Bonchev–Trinajstić information content (AvgIpc) is 2.28. The molecule has 0 heterocycles. The molecule has 15 heavy (non-hydrogen) atoms. The Morgan fingerprint density at radius 3 is 2.60 bits per heavy atom. The van der Waals surface area contributed by atoms with Gasteiger partial charge in [0, 0.05) is 6.04 Å². The number of hydrogen-bond donors (Lipinski definition) is 2. The first-order valence-electron chi connectivity index (χ1n) is 4.70. The van der Waals surface area contributed by atoms with Gasteiger partial charge in [0.15, 0.2) is 6.10 Å². The highest BCUT2D eigenvalue weighted by atomic mass is 16.5. The normalized spacial score (nSPS) is 14.3. The molecule has 1 aromatic carbocycles. The van der Waals surface area contributed by atoms with Gasteiger partial charge in [-0.15, -0.1) is 0 Å². The molecule has 0 fully saturated rings. The lowest BCUT2D eigenvalue weighted by molar-refractivity contribution is -0.151. The summed E-state index contributed by atoms with van der Waals surface area (Å²) in [5.74, 6) is -0.696. The van der Waals surface area contributed by atoms with Crippen LogP contribution in [0.3, 0.4) is 0 Å². The van der Waals surface area contributed by atoms with Crippen molar-refractivity contribution >= 4 is 5.97 Å². The number of ether oxygens (including phenoxy) is 1. The van der Waals surface area contributed by atoms with E-state index in [0.29, 0.717) is 6.42 Å². The summed E-state index contributed by atoms with van der Waals surface area (Å²) >= 11 is 0. The van der Waals surface area contributed by atoms with Gasteiger partial charge < -0.3 is 15.6 Å². The van der Waals surface area contributed by atoms with Crippen LogP contribution < -0.4 is 5.73 Å². The van der Waals surface area contributed by atoms with Crippen LogP contribution in [0.2, 0.25) is 0 Å². The molecule has 1 aromatic rings. The molecule has 0 aliphatic rings. The third-order valence-electron chi connectivity index (χ3n) is 2.16. The van der Waals surface area contributed by atoms with E-state index in [1.807, 2.05) is 30.3 Å². The zero-order chi connectivity index (χ0) is 11.3. The number of nitrogens with two attached hydrogens (primary N) is 1. The van der Waals surface area contributed by atoms with Crippen molar-refractivity contribution < 1.29 is 14.6 Å². The summed E-state index contributed by atoms with van der Waals surface area (Å²) in [7, 11) is 1.22. The highest BCUT2D eigenvalue weighted by Gasteiger charge is 2.23. The van der Waals surface area contributed by atoms with E-state index in [0.717, 1.165) is 5.56 Å². The van der Waals surface area contributed by atoms with E-state index >= 15 is 0 Å². The van der Waals surface area contributed by atoms with E-state index < -0.39 is 18.1 Å². The minimum atomic E-state index is -1.27. The molecule has 2 atom stereocenters. The van der Waals surface area contributed by atoms with Gasteiger partial charge in [-0.1, -0.05) is 30.3 Å². The van der Waals surface area contributed by atoms with Crippen LogP contribution in [-0.4, -0.2) is 30.3 Å². The second kappa shape index (κ2) is 5.48. The van der Waals surface area contributed by atoms with Gasteiger partial charge >= 0.3 is 5.97 Å². The zero-order valence-corrected chi connectivity index (χ0v) is 8.59. The first-order chi connectivity index (χ1) is 7.15. The predicted molar refractivity (Wildman–Crippen MR) is 56.1 cm³/mol. The summed E-state index contributed by atoms with van der Waals surface area (Å²) in [5.41, 5.74) is 6.65. The highest BCUT2D eigenvalue weighted by molar-refractivity contribution is 5.75. The smallest absolute Gasteiger partial charge is 0.336 e. The summed E-state index contributed by atoms with van der Waals surface area (Å²) < 4.78 is 4.40. The molecule has 0 spiro atoms. The molecule has 0 saturated heterocycles. The topological polar surface area (TPSA) is 72.5 Å². The third-order valence-corrected chi connectivity index (χ3v) is 2.16. The number of hydrogen-bond acceptors (Lipinski definition) is 4. The Labute approximate surface area is 88.7 Å². The van der Waals surface area contributed by atoms with Gasteiger partial charge in [-0.05, 0) is 12.0 Å². The van der Waals surface area contributed by atoms with Crippen LogP contribution in [0.5, 0.6) is 0 Å². The molecule has 0 saturated carbocycles. The lowest BCUT2D eigenvalue weighted by Gasteiger charge is -2.16. The van der Waals surface area contributed by atoms with Gasteiger partial charge in [0.2, 0.25) is 0 Å². The fourth-order valence-corrected chi connectivity index (χ4v) is 1.29. The van der Waals surface area contributed by atoms with Crippen LogP contribution in [0.25, 0.3) is 0 Å². The van der Waals surface area contributed by atoms with Gasteiger partial charge in [-0.2, -0.15) is 0 Å². The van der Waals surface area contributed by atoms with Crippen molar-refractivity contribution in [1.29, 1.82) is 0 Å². The summed E-state index contributed by atoms with van der Waals surface area (Å²) in [6.07, 6.45) is -0.827. The Bertz CT molecular complexity index is 313. The average molecular weight is 209 g/mol. The number of esters is 1. The molecule has 0 bridgehead atoms. The molecule has 3 N–H and O–H groups in total. The lowest BCUT2D eigenvalue weighted by atomic mass is 10.0. The van der Waals surface area contributed by atoms with Crippen molar-refractivity contribution in [2.24, 2.45) is 5.73 Å². The SMILES string of the molecule is COC(=O)[C@@H](O)[C@H](N)Cc1ccccc1. The Hall–Kier alpha value is -1.39. The molecule has 0 aromatic heterocycles. The maximum Gasteiger partial charge on any atom is 0.336 e. The fraction of sp³-hybridized carbons (Fsp3) is 0.364. The molecule has 0 amide bonds. The standard InChI is InChI=1S/C11H15NO3/c1-15-11(14)10(13)9(12)7-8-5-3-2-4-6-8/h2-6,9-10,13H,7,12H2,1H3/t9-,10+/m1/s1. The monoisotopic (exact) mass is 209 g/mol. The van der Waals surface area contributed by atoms with Gasteiger partial charge in [0.1, 0.15) is 0 Å². The lowest BCUT2D eigenvalue weighted by Crippen LogP contribution is -2.42. The van der Waals surface area contributed by atoms with Crippen molar-refractivity contribution in [3.63, 3.8) is 0 Å². The van der Waals surface area contributed by atoms with Gasteiger partial charge in [-0.25, -0.2) is 4.79 Å². The van der Waals surface area contributed by atoms with Crippen molar-refractivity contribution in [1.82, 2.24) is 0 Å². The Balaban J connectivity index is 2.56. The summed E-state index contributed by atoms with van der Waals surface area (Å²) in [6.45, 7) is 0. The second-order valence-electron chi connectivity index (χ2n) is 3.32. The van der Waals surface area contributed by atoms with Gasteiger partial charge in [0.25, 0.3) is 0 Å². The first-order valence-corrected chi connectivity index (χ1v) is 4.70. The van der Waals surface area contributed by atoms with E-state index in [1.165, 1.54) is 7.11 Å². The van der Waals surface area contributed by atoms with E-state index in [1.54, 1.807) is 0 Å². The maximum atomic E-state index is 11.0. The zero-order valence-electron chi connectivity index (χ0n) is 8.59. The maximum absolute atomic E-state index is 11.0. The number of benzene rings is 1. The van der Waals surface area contributed by atoms with Crippen molar-refractivity contribution in [3.8, 4) is 0 Å². The predicted octanol–water partition coefficient (Wildman–Crippen LogP) is 0.0903. The van der Waals surface area contributed by atoms with Gasteiger partial charge in [-0.3, -0.25) is 0 Å². The van der Waals surface area contributed by atoms with Crippen LogP contribution in [0.15, 0.2) is 30.3 Å². The number of rotatable bonds is 4. The van der Waals surface area contributed by atoms with Gasteiger partial charge in [0.05, 0.1) is 7.11 Å². The van der Waals surface area contributed by atoms with Crippen LogP contribution in [-0.2, 0) is 16.0 Å². The molecule has 1 rings (SSSR count). The van der Waals surface area contributed by atoms with E-state index in [4.69, 9.17) is 5.73 Å². The molecule has 0 radical (unpaired) electrons. The third kappa shape index (κ3) is 3.34. The van der Waals surface area contributed by atoms with Crippen molar-refractivity contribution in [2.45, 2.75) is 18.6 Å². The van der Waals surface area contributed by atoms with Crippen molar-refractivity contribution in [3.05, 3.63) is 35.9 Å². The molecule has 4 heteroatoms. The Morgan fingerprint density at radius 2 is 2.07 bits per heavy atom. The van der Waals surface area contributed by atoms with Crippen LogP contribution in [0.4, 0.5) is 0 Å². The number of carbonyl (C=O) groups excluding carboxylic acids is 1. The molecular weight excluding hydrogens is 194 g/mol. The number of methoxy groups -OCH3 is 1. The van der Waals surface area contributed by atoms with Crippen molar-refractivity contribution in [2.75, 3.05) is 7.11 Å². The second-order valence-corrected chi connectivity index (χ2v) is 3.32. The van der Waals surface area contributed by atoms with Crippen LogP contribution in [0.1, 0.15) is 5.56 Å². The number of aliphatic hydroxyl groups is 1. The largest absolute Gasteiger partial charge is 0.467 e. The van der Waals surface area contributed by atoms with Crippen LogP contribution in [0, 0.1) is 0 Å². The summed E-state index contributed by atoms with van der Waals surface area (Å²) in [5, 5.41) is 9.45. The first kappa shape index (κ1) is 11.7. The fourth-order valence-electron chi connectivity index (χ4n) is 1.29. The van der Waals surface area contributed by atoms with E-state index in [9.17, 15) is 9.90 Å². The Morgan fingerprint density at radius 1 is 1.47 bits per heavy atom. The minimum absolute atomic E-state index is 0.442. The number of aliphatic hydroxyl groups excluding tert-OH is 1. The molecule has 4 nitrogen and oxygen atoms in total. The molecule has 0 aliphatic heterocycles.